The van der Waals surface area contributed by atoms with Crippen molar-refractivity contribution in [2.75, 3.05) is 0 Å². The highest BCUT2D eigenvalue weighted by atomic mass is 19.1. The number of hydrogen-bond acceptors (Lipinski definition) is 3. The molecular formula is C29H24FN5. The van der Waals surface area contributed by atoms with Crippen LogP contribution in [-0.4, -0.2) is 25.4 Å². The minimum atomic E-state index is -0.473. The van der Waals surface area contributed by atoms with Gasteiger partial charge >= 0.3 is 0 Å². The third-order valence-electron chi connectivity index (χ3n) is 6.74. The van der Waals surface area contributed by atoms with E-state index in [1.54, 1.807) is 6.33 Å². The van der Waals surface area contributed by atoms with Crippen LogP contribution in [0.25, 0.3) is 34.2 Å². The van der Waals surface area contributed by atoms with Gasteiger partial charge in [0.2, 0.25) is 5.95 Å². The maximum absolute atomic E-state index is 14.4. The first-order valence-corrected chi connectivity index (χ1v) is 11.8. The van der Waals surface area contributed by atoms with E-state index < -0.39 is 5.95 Å². The fourth-order valence-corrected chi connectivity index (χ4v) is 4.75. The SMILES string of the molecule is Fc1n[nH]c2ccc(C(=C(c3ccccc3)C3CCC3)c3ccc(C=Cc4nnc[nH]4)cc3)cc12. The molecule has 6 heteroatoms. The van der Waals surface area contributed by atoms with Crippen molar-refractivity contribution in [1.82, 2.24) is 25.4 Å². The largest absolute Gasteiger partial charge is 0.328 e. The van der Waals surface area contributed by atoms with Gasteiger partial charge in [-0.05, 0) is 70.4 Å². The lowest BCUT2D eigenvalue weighted by atomic mass is 9.73. The molecule has 1 aliphatic rings. The van der Waals surface area contributed by atoms with E-state index in [9.17, 15) is 4.39 Å². The van der Waals surface area contributed by atoms with E-state index in [0.717, 1.165) is 35.1 Å². The van der Waals surface area contributed by atoms with Gasteiger partial charge < -0.3 is 4.98 Å². The molecule has 2 N–H and O–H groups in total. The van der Waals surface area contributed by atoms with Crippen molar-refractivity contribution < 1.29 is 4.39 Å². The van der Waals surface area contributed by atoms with E-state index >= 15 is 0 Å². The van der Waals surface area contributed by atoms with Crippen molar-refractivity contribution in [3.05, 3.63) is 113 Å². The van der Waals surface area contributed by atoms with Gasteiger partial charge in [0.1, 0.15) is 6.33 Å². The van der Waals surface area contributed by atoms with Gasteiger partial charge in [-0.15, -0.1) is 15.3 Å². The number of hydrogen-bond donors (Lipinski definition) is 2. The molecule has 0 unspecified atom stereocenters. The van der Waals surface area contributed by atoms with Gasteiger partial charge in [-0.2, -0.15) is 4.39 Å². The molecule has 0 amide bonds. The third-order valence-corrected chi connectivity index (χ3v) is 6.74. The Labute approximate surface area is 202 Å². The molecule has 2 aromatic heterocycles. The van der Waals surface area contributed by atoms with Crippen LogP contribution in [0.15, 0.2) is 79.1 Å². The fraction of sp³-hybridized carbons (Fsp3) is 0.138. The monoisotopic (exact) mass is 461 g/mol. The summed E-state index contributed by atoms with van der Waals surface area (Å²) in [6.45, 7) is 0. The number of benzene rings is 3. The second-order valence-corrected chi connectivity index (χ2v) is 8.89. The van der Waals surface area contributed by atoms with Gasteiger partial charge in [0.05, 0.1) is 10.9 Å². The highest BCUT2D eigenvalue weighted by Gasteiger charge is 2.27. The Hall–Kier alpha value is -4.32. The lowest BCUT2D eigenvalue weighted by Crippen LogP contribution is -2.15. The average molecular weight is 462 g/mol. The second kappa shape index (κ2) is 9.14. The summed E-state index contributed by atoms with van der Waals surface area (Å²) in [5.74, 6) is 0.712. The van der Waals surface area contributed by atoms with Crippen molar-refractivity contribution in [2.24, 2.45) is 5.92 Å². The van der Waals surface area contributed by atoms with Crippen LogP contribution in [0.2, 0.25) is 0 Å². The zero-order chi connectivity index (χ0) is 23.6. The van der Waals surface area contributed by atoms with Crippen LogP contribution in [-0.2, 0) is 0 Å². The van der Waals surface area contributed by atoms with Crippen LogP contribution in [0.1, 0.15) is 47.3 Å². The van der Waals surface area contributed by atoms with E-state index in [1.165, 1.54) is 17.6 Å². The number of fused-ring (bicyclic) bond motifs is 1. The zero-order valence-corrected chi connectivity index (χ0v) is 19.1. The van der Waals surface area contributed by atoms with Gasteiger partial charge in [-0.3, -0.25) is 5.10 Å². The predicted octanol–water partition coefficient (Wildman–Crippen LogP) is 6.75. The van der Waals surface area contributed by atoms with Crippen LogP contribution < -0.4 is 0 Å². The highest BCUT2D eigenvalue weighted by molar-refractivity contribution is 6.01. The molecule has 1 aliphatic carbocycles. The summed E-state index contributed by atoms with van der Waals surface area (Å²) in [6, 6.07) is 25.0. The summed E-state index contributed by atoms with van der Waals surface area (Å²) in [4.78, 5) is 2.98. The second-order valence-electron chi connectivity index (χ2n) is 8.89. The molecule has 0 spiro atoms. The average Bonchev–Trinajstić information content (AvgIpc) is 3.52. The topological polar surface area (TPSA) is 70.2 Å². The molecule has 6 rings (SSSR count). The van der Waals surface area contributed by atoms with Gasteiger partial charge in [0, 0.05) is 0 Å². The van der Waals surface area contributed by atoms with Crippen molar-refractivity contribution in [2.45, 2.75) is 19.3 Å². The van der Waals surface area contributed by atoms with Gasteiger partial charge in [-0.1, -0.05) is 73.2 Å². The third kappa shape index (κ3) is 4.19. The molecule has 35 heavy (non-hydrogen) atoms. The molecular weight excluding hydrogens is 437 g/mol. The van der Waals surface area contributed by atoms with Gasteiger partial charge in [0.25, 0.3) is 0 Å². The fourth-order valence-electron chi connectivity index (χ4n) is 4.75. The van der Waals surface area contributed by atoms with Crippen molar-refractivity contribution in [3.63, 3.8) is 0 Å². The molecule has 0 radical (unpaired) electrons. The smallest absolute Gasteiger partial charge is 0.240 e. The van der Waals surface area contributed by atoms with Gasteiger partial charge in [0.15, 0.2) is 5.82 Å². The normalized spacial score (nSPS) is 14.9. The molecule has 0 saturated heterocycles. The first-order chi connectivity index (χ1) is 17.3. The highest BCUT2D eigenvalue weighted by Crippen LogP contribution is 2.45. The predicted molar refractivity (Wildman–Crippen MR) is 138 cm³/mol. The minimum absolute atomic E-state index is 0.473. The van der Waals surface area contributed by atoms with Crippen LogP contribution >= 0.6 is 0 Å². The van der Waals surface area contributed by atoms with E-state index in [-0.39, 0.29) is 0 Å². The number of allylic oxidation sites excluding steroid dienone is 1. The quantitative estimate of drug-likeness (QED) is 0.275. The van der Waals surface area contributed by atoms with Crippen LogP contribution in [0.5, 0.6) is 0 Å². The Bertz CT molecular complexity index is 1510. The van der Waals surface area contributed by atoms with Crippen molar-refractivity contribution >= 4 is 34.2 Å². The van der Waals surface area contributed by atoms with E-state index in [0.29, 0.717) is 22.6 Å². The molecule has 0 atom stereocenters. The molecule has 0 bridgehead atoms. The molecule has 172 valence electrons. The van der Waals surface area contributed by atoms with Crippen LogP contribution in [0.4, 0.5) is 4.39 Å². The first kappa shape index (κ1) is 21.2. The Kier molecular flexibility index (Phi) is 5.54. The van der Waals surface area contributed by atoms with Gasteiger partial charge in [-0.25, -0.2) is 0 Å². The minimum Gasteiger partial charge on any atom is -0.328 e. The lowest BCUT2D eigenvalue weighted by molar-refractivity contribution is 0.401. The Morgan fingerprint density at radius 1 is 0.886 bits per heavy atom. The van der Waals surface area contributed by atoms with Crippen molar-refractivity contribution in [3.8, 4) is 0 Å². The van der Waals surface area contributed by atoms with Crippen LogP contribution in [0.3, 0.4) is 0 Å². The number of nitrogens with one attached hydrogen (secondary N) is 2. The summed E-state index contributed by atoms with van der Waals surface area (Å²) in [6.07, 6.45) is 9.02. The number of rotatable bonds is 6. The number of nitrogens with zero attached hydrogens (tertiary/aromatic N) is 3. The molecule has 5 aromatic rings. The maximum atomic E-state index is 14.4. The number of halogens is 1. The standard InChI is InChI=1S/C29H24FN5/c30-29-24-17-23(14-15-25(24)33-35-29)28(27(21-7-4-8-21)20-5-2-1-3-6-20)22-12-9-19(10-13-22)11-16-26-31-18-32-34-26/h1-3,5-6,9-18,21H,4,7-8H2,(H,33,35)(H,31,32,34). The first-order valence-electron chi connectivity index (χ1n) is 11.8. The molecule has 3 aromatic carbocycles. The number of aromatic nitrogens is 5. The molecule has 1 fully saturated rings. The summed E-state index contributed by atoms with van der Waals surface area (Å²) in [7, 11) is 0. The molecule has 5 nitrogen and oxygen atoms in total. The number of H-pyrrole nitrogens is 2. The molecule has 1 saturated carbocycles. The van der Waals surface area contributed by atoms with Crippen LogP contribution in [0, 0.1) is 11.9 Å². The van der Waals surface area contributed by atoms with E-state index in [1.807, 2.05) is 30.4 Å². The summed E-state index contributed by atoms with van der Waals surface area (Å²) < 4.78 is 14.4. The van der Waals surface area contributed by atoms with E-state index in [4.69, 9.17) is 0 Å². The van der Waals surface area contributed by atoms with Crippen molar-refractivity contribution in [1.29, 1.82) is 0 Å². The summed E-state index contributed by atoms with van der Waals surface area (Å²) in [5.41, 5.74) is 7.55. The molecule has 2 heterocycles. The zero-order valence-electron chi connectivity index (χ0n) is 19.1. The molecule has 0 aliphatic heterocycles. The summed E-state index contributed by atoms with van der Waals surface area (Å²) >= 11 is 0. The number of aromatic amines is 2. The Balaban J connectivity index is 1.51. The Morgan fingerprint density at radius 2 is 1.69 bits per heavy atom. The van der Waals surface area contributed by atoms with E-state index in [2.05, 4.69) is 80.0 Å². The Morgan fingerprint density at radius 3 is 2.40 bits per heavy atom. The lowest BCUT2D eigenvalue weighted by Gasteiger charge is -2.31. The maximum Gasteiger partial charge on any atom is 0.240 e. The summed E-state index contributed by atoms with van der Waals surface area (Å²) in [5, 5.41) is 14.8.